The summed E-state index contributed by atoms with van der Waals surface area (Å²) in [4.78, 5) is 0. The Morgan fingerprint density at radius 2 is 1.59 bits per heavy atom. The topological polar surface area (TPSA) is 12.0 Å². The number of hydrogen-bond donors (Lipinski definition) is 1. The van der Waals surface area contributed by atoms with Gasteiger partial charge in [0.15, 0.2) is 0 Å². The first-order valence-corrected chi connectivity index (χ1v) is 7.41. The van der Waals surface area contributed by atoms with E-state index in [1.54, 1.807) is 0 Å². The van der Waals surface area contributed by atoms with Crippen LogP contribution in [0.3, 0.4) is 0 Å². The van der Waals surface area contributed by atoms with Gasteiger partial charge in [0.2, 0.25) is 0 Å². The molecule has 0 aromatic rings. The molecule has 0 rings (SSSR count). The van der Waals surface area contributed by atoms with Gasteiger partial charge in [0, 0.05) is 12.2 Å². The molecule has 0 spiro atoms. The van der Waals surface area contributed by atoms with Crippen LogP contribution in [0, 0.1) is 0 Å². The molecule has 0 fully saturated rings. The van der Waals surface area contributed by atoms with Crippen molar-refractivity contribution in [1.29, 1.82) is 0 Å². The van der Waals surface area contributed by atoms with Crippen molar-refractivity contribution >= 4 is 0 Å². The fourth-order valence-corrected chi connectivity index (χ4v) is 1.91. The Kier molecular flexibility index (Phi) is 12.8. The molecule has 0 saturated heterocycles. The lowest BCUT2D eigenvalue weighted by atomic mass is 10.1. The molecule has 0 radical (unpaired) electrons. The van der Waals surface area contributed by atoms with Gasteiger partial charge in [-0.3, -0.25) is 0 Å². The van der Waals surface area contributed by atoms with Gasteiger partial charge in [0.05, 0.1) is 0 Å². The van der Waals surface area contributed by atoms with Crippen LogP contribution >= 0.6 is 0 Å². The van der Waals surface area contributed by atoms with Crippen LogP contribution in [0.15, 0.2) is 23.9 Å². The first-order valence-electron chi connectivity index (χ1n) is 7.41. The molecule has 0 aliphatic heterocycles. The van der Waals surface area contributed by atoms with Crippen LogP contribution in [0.1, 0.15) is 72.1 Å². The molecule has 1 nitrogen and oxygen atoms in total. The monoisotopic (exact) mass is 237 g/mol. The minimum absolute atomic E-state index is 1.10. The summed E-state index contributed by atoms with van der Waals surface area (Å²) in [7, 11) is 0. The van der Waals surface area contributed by atoms with Gasteiger partial charge in [0.1, 0.15) is 0 Å². The molecule has 1 N–H and O–H groups in total. The highest BCUT2D eigenvalue weighted by Crippen LogP contribution is 2.06. The van der Waals surface area contributed by atoms with Crippen LogP contribution in [-0.2, 0) is 0 Å². The Morgan fingerprint density at radius 1 is 0.941 bits per heavy atom. The second-order valence-corrected chi connectivity index (χ2v) is 4.62. The van der Waals surface area contributed by atoms with Gasteiger partial charge in [0.25, 0.3) is 0 Å². The number of rotatable bonds is 11. The number of unbranched alkanes of at least 4 members (excludes halogenated alkanes) is 6. The Labute approximate surface area is 108 Å². The molecule has 0 heterocycles. The van der Waals surface area contributed by atoms with Crippen molar-refractivity contribution in [2.45, 2.75) is 72.1 Å². The van der Waals surface area contributed by atoms with Gasteiger partial charge in [-0.05, 0) is 25.8 Å². The molecule has 0 bridgehead atoms. The highest BCUT2D eigenvalue weighted by molar-refractivity contribution is 5.15. The zero-order chi connectivity index (χ0) is 12.8. The summed E-state index contributed by atoms with van der Waals surface area (Å²) in [6.07, 6.45) is 17.3. The summed E-state index contributed by atoms with van der Waals surface area (Å²) >= 11 is 0. The van der Waals surface area contributed by atoms with Crippen molar-refractivity contribution in [2.24, 2.45) is 0 Å². The van der Waals surface area contributed by atoms with Crippen LogP contribution in [0.4, 0.5) is 0 Å². The molecular formula is C16H31N. The van der Waals surface area contributed by atoms with E-state index < -0.39 is 0 Å². The quantitative estimate of drug-likeness (QED) is 0.385. The Hall–Kier alpha value is -0.720. The van der Waals surface area contributed by atoms with Crippen molar-refractivity contribution < 1.29 is 0 Å². The average Bonchev–Trinajstić information content (AvgIpc) is 2.33. The SMILES string of the molecule is C/C=C\C(=C/CC)NCCCCCCCCC. The Morgan fingerprint density at radius 3 is 2.18 bits per heavy atom. The van der Waals surface area contributed by atoms with Gasteiger partial charge >= 0.3 is 0 Å². The lowest BCUT2D eigenvalue weighted by molar-refractivity contribution is 0.580. The normalized spacial score (nSPS) is 12.3. The maximum atomic E-state index is 3.50. The Bertz CT molecular complexity index is 204. The van der Waals surface area contributed by atoms with Crippen molar-refractivity contribution in [3.05, 3.63) is 23.9 Å². The molecular weight excluding hydrogens is 206 g/mol. The zero-order valence-electron chi connectivity index (χ0n) is 12.1. The summed E-state index contributed by atoms with van der Waals surface area (Å²) in [6.45, 7) is 7.63. The second-order valence-electron chi connectivity index (χ2n) is 4.62. The summed E-state index contributed by atoms with van der Waals surface area (Å²) < 4.78 is 0. The van der Waals surface area contributed by atoms with Gasteiger partial charge in [-0.1, -0.05) is 64.5 Å². The molecule has 0 amide bonds. The molecule has 0 atom stereocenters. The van der Waals surface area contributed by atoms with Crippen LogP contribution in [-0.4, -0.2) is 6.54 Å². The second kappa shape index (κ2) is 13.3. The van der Waals surface area contributed by atoms with E-state index in [0.29, 0.717) is 0 Å². The molecule has 0 aliphatic carbocycles. The van der Waals surface area contributed by atoms with Crippen molar-refractivity contribution in [1.82, 2.24) is 5.32 Å². The highest BCUT2D eigenvalue weighted by atomic mass is 14.9. The van der Waals surface area contributed by atoms with E-state index in [4.69, 9.17) is 0 Å². The predicted octanol–water partition coefficient (Wildman–Crippen LogP) is 5.20. The number of allylic oxidation sites excluding steroid dienone is 3. The van der Waals surface area contributed by atoms with Crippen molar-refractivity contribution in [3.8, 4) is 0 Å². The highest BCUT2D eigenvalue weighted by Gasteiger charge is 1.92. The molecule has 0 unspecified atom stereocenters. The summed E-state index contributed by atoms with van der Waals surface area (Å²) in [6, 6.07) is 0. The van der Waals surface area contributed by atoms with Crippen LogP contribution in [0.5, 0.6) is 0 Å². The lowest BCUT2D eigenvalue weighted by Crippen LogP contribution is -2.13. The molecule has 0 saturated carbocycles. The minimum atomic E-state index is 1.10. The molecule has 17 heavy (non-hydrogen) atoms. The van der Waals surface area contributed by atoms with E-state index in [9.17, 15) is 0 Å². The minimum Gasteiger partial charge on any atom is -0.385 e. The molecule has 0 aliphatic rings. The maximum Gasteiger partial charge on any atom is 0.0296 e. The van der Waals surface area contributed by atoms with Crippen LogP contribution in [0.25, 0.3) is 0 Å². The third kappa shape index (κ3) is 11.5. The number of hydrogen-bond acceptors (Lipinski definition) is 1. The fraction of sp³-hybridized carbons (Fsp3) is 0.750. The molecule has 0 aromatic heterocycles. The largest absolute Gasteiger partial charge is 0.385 e. The lowest BCUT2D eigenvalue weighted by Gasteiger charge is -2.07. The van der Waals surface area contributed by atoms with Gasteiger partial charge in [-0.15, -0.1) is 0 Å². The molecule has 1 heteroatoms. The smallest absolute Gasteiger partial charge is 0.0296 e. The van der Waals surface area contributed by atoms with Crippen LogP contribution < -0.4 is 5.32 Å². The van der Waals surface area contributed by atoms with Crippen molar-refractivity contribution in [2.75, 3.05) is 6.54 Å². The Balaban J connectivity index is 3.40. The average molecular weight is 237 g/mol. The summed E-state index contributed by atoms with van der Waals surface area (Å²) in [5.41, 5.74) is 1.28. The van der Waals surface area contributed by atoms with Gasteiger partial charge < -0.3 is 5.32 Å². The number of nitrogens with one attached hydrogen (secondary N) is 1. The van der Waals surface area contributed by atoms with E-state index in [-0.39, 0.29) is 0 Å². The molecule has 100 valence electrons. The summed E-state index contributed by atoms with van der Waals surface area (Å²) in [5.74, 6) is 0. The van der Waals surface area contributed by atoms with Crippen molar-refractivity contribution in [3.63, 3.8) is 0 Å². The van der Waals surface area contributed by atoms with Crippen LogP contribution in [0.2, 0.25) is 0 Å². The van der Waals surface area contributed by atoms with Gasteiger partial charge in [-0.25, -0.2) is 0 Å². The fourth-order valence-electron chi connectivity index (χ4n) is 1.91. The predicted molar refractivity (Wildman–Crippen MR) is 79.2 cm³/mol. The first kappa shape index (κ1) is 16.3. The first-order chi connectivity index (χ1) is 8.35. The molecule has 0 aromatic carbocycles. The zero-order valence-corrected chi connectivity index (χ0v) is 12.1. The third-order valence-electron chi connectivity index (χ3n) is 2.88. The maximum absolute atomic E-state index is 3.50. The van der Waals surface area contributed by atoms with E-state index in [1.165, 1.54) is 50.6 Å². The van der Waals surface area contributed by atoms with Gasteiger partial charge in [-0.2, -0.15) is 0 Å². The summed E-state index contributed by atoms with van der Waals surface area (Å²) in [5, 5.41) is 3.50. The van der Waals surface area contributed by atoms with E-state index in [0.717, 1.165) is 13.0 Å². The third-order valence-corrected chi connectivity index (χ3v) is 2.88. The van der Waals surface area contributed by atoms with E-state index in [1.807, 2.05) is 0 Å². The van der Waals surface area contributed by atoms with E-state index in [2.05, 4.69) is 44.3 Å². The van der Waals surface area contributed by atoms with E-state index >= 15 is 0 Å². The standard InChI is InChI=1S/C16H31N/c1-4-7-8-9-10-11-12-15-17-16(13-5-2)14-6-3/h5,13-14,17H,4,6-12,15H2,1-3H3/b13-5-,16-14+.